The monoisotopic (exact) mass is 257 g/mol. The Morgan fingerprint density at radius 3 is 2.63 bits per heavy atom. The van der Waals surface area contributed by atoms with E-state index in [0.717, 1.165) is 25.1 Å². The molecule has 0 unspecified atom stereocenters. The fraction of sp³-hybridized carbons (Fsp3) is 0.467. The highest BCUT2D eigenvalue weighted by Crippen LogP contribution is 2.27. The first kappa shape index (κ1) is 12.2. The summed E-state index contributed by atoms with van der Waals surface area (Å²) in [5.41, 5.74) is 1.14. The summed E-state index contributed by atoms with van der Waals surface area (Å²) in [7, 11) is 0. The summed E-state index contributed by atoms with van der Waals surface area (Å²) in [6.45, 7) is 0. The molecule has 100 valence electrons. The first-order valence-corrected chi connectivity index (χ1v) is 7.04. The van der Waals surface area contributed by atoms with Gasteiger partial charge in [-0.05, 0) is 18.4 Å². The molecule has 0 atom stereocenters. The number of nitrogens with one attached hydrogen (secondary N) is 1. The molecule has 0 aliphatic heterocycles. The highest BCUT2D eigenvalue weighted by atomic mass is 16.1. The Bertz CT molecular complexity index is 579. The molecule has 19 heavy (non-hydrogen) atoms. The van der Waals surface area contributed by atoms with Crippen molar-refractivity contribution in [3.05, 3.63) is 52.2 Å². The van der Waals surface area contributed by atoms with Gasteiger partial charge in [-0.15, -0.1) is 0 Å². The highest BCUT2D eigenvalue weighted by molar-refractivity contribution is 5.18. The van der Waals surface area contributed by atoms with Gasteiger partial charge in [-0.2, -0.15) is 5.10 Å². The van der Waals surface area contributed by atoms with E-state index in [2.05, 4.69) is 22.3 Å². The summed E-state index contributed by atoms with van der Waals surface area (Å²) >= 11 is 0. The van der Waals surface area contributed by atoms with Crippen LogP contribution in [0.25, 0.3) is 0 Å². The average Bonchev–Trinajstić information content (AvgIpc) is 2.82. The SMILES string of the molecule is O=c1[nH]nc(Cc2ccccc2)n1C1CCCCC1. The molecule has 0 saturated heterocycles. The number of nitrogens with zero attached hydrogens (tertiary/aromatic N) is 2. The summed E-state index contributed by atoms with van der Waals surface area (Å²) in [4.78, 5) is 12.0. The third-order valence-corrected chi connectivity index (χ3v) is 3.92. The second-order valence-corrected chi connectivity index (χ2v) is 5.27. The number of H-pyrrole nitrogens is 1. The van der Waals surface area contributed by atoms with Crippen LogP contribution in [-0.2, 0) is 6.42 Å². The quantitative estimate of drug-likeness (QED) is 0.919. The molecule has 0 amide bonds. The minimum absolute atomic E-state index is 0.0576. The van der Waals surface area contributed by atoms with Gasteiger partial charge in [-0.1, -0.05) is 49.6 Å². The van der Waals surface area contributed by atoms with Gasteiger partial charge in [0.05, 0.1) is 0 Å². The zero-order valence-corrected chi connectivity index (χ0v) is 11.0. The third kappa shape index (κ3) is 2.62. The fourth-order valence-electron chi connectivity index (χ4n) is 2.96. The summed E-state index contributed by atoms with van der Waals surface area (Å²) in [6, 6.07) is 10.5. The van der Waals surface area contributed by atoms with Crippen molar-refractivity contribution in [1.29, 1.82) is 0 Å². The van der Waals surface area contributed by atoms with Crippen LogP contribution in [0.4, 0.5) is 0 Å². The van der Waals surface area contributed by atoms with Crippen LogP contribution in [0.5, 0.6) is 0 Å². The van der Waals surface area contributed by atoms with E-state index in [0.29, 0.717) is 6.04 Å². The van der Waals surface area contributed by atoms with Crippen molar-refractivity contribution in [2.75, 3.05) is 0 Å². The van der Waals surface area contributed by atoms with Gasteiger partial charge in [0.1, 0.15) is 5.82 Å². The lowest BCUT2D eigenvalue weighted by Crippen LogP contribution is -2.26. The first-order chi connectivity index (χ1) is 9.34. The van der Waals surface area contributed by atoms with Crippen molar-refractivity contribution in [3.8, 4) is 0 Å². The topological polar surface area (TPSA) is 50.7 Å². The Hall–Kier alpha value is -1.84. The summed E-state index contributed by atoms with van der Waals surface area (Å²) in [5.74, 6) is 0.864. The molecule has 1 saturated carbocycles. The summed E-state index contributed by atoms with van der Waals surface area (Å²) in [5, 5.41) is 6.82. The van der Waals surface area contributed by atoms with E-state index in [4.69, 9.17) is 0 Å². The van der Waals surface area contributed by atoms with Crippen molar-refractivity contribution < 1.29 is 0 Å². The molecule has 1 aliphatic rings. The number of benzene rings is 1. The smallest absolute Gasteiger partial charge is 0.276 e. The van der Waals surface area contributed by atoms with Crippen molar-refractivity contribution in [2.24, 2.45) is 0 Å². The zero-order valence-electron chi connectivity index (χ0n) is 11.0. The minimum atomic E-state index is -0.0576. The number of hydrogen-bond acceptors (Lipinski definition) is 2. The van der Waals surface area contributed by atoms with Crippen molar-refractivity contribution in [3.63, 3.8) is 0 Å². The standard InChI is InChI=1S/C15H19N3O/c19-15-17-16-14(11-12-7-3-1-4-8-12)18(15)13-9-5-2-6-10-13/h1,3-4,7-8,13H,2,5-6,9-11H2,(H,17,19). The molecule has 3 rings (SSSR count). The van der Waals surface area contributed by atoms with E-state index in [1.807, 2.05) is 22.8 Å². The van der Waals surface area contributed by atoms with Gasteiger partial charge < -0.3 is 0 Å². The van der Waals surface area contributed by atoms with Gasteiger partial charge in [0.25, 0.3) is 0 Å². The third-order valence-electron chi connectivity index (χ3n) is 3.92. The van der Waals surface area contributed by atoms with Gasteiger partial charge in [0.15, 0.2) is 0 Å². The molecule has 0 bridgehead atoms. The second kappa shape index (κ2) is 5.43. The number of hydrogen-bond donors (Lipinski definition) is 1. The van der Waals surface area contributed by atoms with Gasteiger partial charge in [-0.3, -0.25) is 4.57 Å². The lowest BCUT2D eigenvalue weighted by atomic mass is 9.95. The van der Waals surface area contributed by atoms with Crippen molar-refractivity contribution >= 4 is 0 Å². The normalized spacial score (nSPS) is 16.6. The molecule has 1 aromatic heterocycles. The molecule has 1 heterocycles. The fourth-order valence-corrected chi connectivity index (χ4v) is 2.96. The molecule has 1 fully saturated rings. The predicted molar refractivity (Wildman–Crippen MR) is 74.2 cm³/mol. The summed E-state index contributed by atoms with van der Waals surface area (Å²) in [6.07, 6.45) is 6.63. The van der Waals surface area contributed by atoms with E-state index < -0.39 is 0 Å². The van der Waals surface area contributed by atoms with Crippen LogP contribution in [-0.4, -0.2) is 14.8 Å². The van der Waals surface area contributed by atoms with Crippen LogP contribution in [0.1, 0.15) is 49.5 Å². The molecule has 1 aliphatic carbocycles. The first-order valence-electron chi connectivity index (χ1n) is 7.04. The van der Waals surface area contributed by atoms with Crippen LogP contribution in [0.15, 0.2) is 35.1 Å². The second-order valence-electron chi connectivity index (χ2n) is 5.27. The number of aromatic amines is 1. The zero-order chi connectivity index (χ0) is 13.1. The maximum absolute atomic E-state index is 12.0. The Morgan fingerprint density at radius 1 is 1.16 bits per heavy atom. The molecule has 4 heteroatoms. The van der Waals surface area contributed by atoms with Crippen LogP contribution in [0, 0.1) is 0 Å². The molecule has 0 radical (unpaired) electrons. The number of aromatic nitrogens is 3. The Kier molecular flexibility index (Phi) is 3.49. The van der Waals surface area contributed by atoms with Crippen LogP contribution in [0.3, 0.4) is 0 Å². The Morgan fingerprint density at radius 2 is 1.89 bits per heavy atom. The van der Waals surface area contributed by atoms with Crippen molar-refractivity contribution in [1.82, 2.24) is 14.8 Å². The Balaban J connectivity index is 1.88. The van der Waals surface area contributed by atoms with Crippen LogP contribution < -0.4 is 5.69 Å². The summed E-state index contributed by atoms with van der Waals surface area (Å²) < 4.78 is 1.88. The largest absolute Gasteiger partial charge is 0.343 e. The molecule has 0 spiro atoms. The Labute approximate surface area is 112 Å². The minimum Gasteiger partial charge on any atom is -0.276 e. The van der Waals surface area contributed by atoms with Crippen LogP contribution in [0.2, 0.25) is 0 Å². The molecule has 1 aromatic carbocycles. The molecule has 2 aromatic rings. The van der Waals surface area contributed by atoms with E-state index >= 15 is 0 Å². The van der Waals surface area contributed by atoms with Crippen LogP contribution >= 0.6 is 0 Å². The van der Waals surface area contributed by atoms with Crippen molar-refractivity contribution in [2.45, 2.75) is 44.6 Å². The van der Waals surface area contributed by atoms with E-state index in [1.165, 1.54) is 24.8 Å². The van der Waals surface area contributed by atoms with Gasteiger partial charge in [0, 0.05) is 12.5 Å². The predicted octanol–water partition coefficient (Wildman–Crippen LogP) is 2.67. The highest BCUT2D eigenvalue weighted by Gasteiger charge is 2.20. The maximum atomic E-state index is 12.0. The van der Waals surface area contributed by atoms with E-state index in [1.54, 1.807) is 0 Å². The number of rotatable bonds is 3. The van der Waals surface area contributed by atoms with Gasteiger partial charge in [0.2, 0.25) is 0 Å². The lowest BCUT2D eigenvalue weighted by molar-refractivity contribution is 0.340. The molecule has 1 N–H and O–H groups in total. The van der Waals surface area contributed by atoms with Gasteiger partial charge in [-0.25, -0.2) is 9.89 Å². The van der Waals surface area contributed by atoms with E-state index in [-0.39, 0.29) is 5.69 Å². The van der Waals surface area contributed by atoms with Gasteiger partial charge >= 0.3 is 5.69 Å². The maximum Gasteiger partial charge on any atom is 0.343 e. The molecular formula is C15H19N3O. The molecular weight excluding hydrogens is 238 g/mol. The molecule has 4 nitrogen and oxygen atoms in total. The lowest BCUT2D eigenvalue weighted by Gasteiger charge is -2.23. The average molecular weight is 257 g/mol. The van der Waals surface area contributed by atoms with E-state index in [9.17, 15) is 4.79 Å².